The summed E-state index contributed by atoms with van der Waals surface area (Å²) >= 11 is 0. The zero-order chi connectivity index (χ0) is 19.1. The minimum atomic E-state index is -0.579. The second-order valence-corrected chi connectivity index (χ2v) is 10.5. The van der Waals surface area contributed by atoms with E-state index in [2.05, 4.69) is 39.8 Å². The molecule has 3 nitrogen and oxygen atoms in total. The maximum atomic E-state index is 12.2. The van der Waals surface area contributed by atoms with Crippen LogP contribution in [0.5, 0.6) is 0 Å². The van der Waals surface area contributed by atoms with Crippen molar-refractivity contribution in [1.82, 2.24) is 0 Å². The van der Waals surface area contributed by atoms with Crippen molar-refractivity contribution in [3.05, 3.63) is 23.3 Å². The van der Waals surface area contributed by atoms with Gasteiger partial charge in [0.15, 0.2) is 5.79 Å². The Morgan fingerprint density at radius 2 is 1.81 bits per heavy atom. The molecular weight excluding hydrogens is 336 g/mol. The number of ether oxygens (including phenoxy) is 2. The van der Waals surface area contributed by atoms with Gasteiger partial charge >= 0.3 is 0 Å². The normalized spacial score (nSPS) is 52.4. The minimum Gasteiger partial charge on any atom is -0.389 e. The third kappa shape index (κ3) is 2.20. The molecule has 4 aliphatic carbocycles. The van der Waals surface area contributed by atoms with Crippen LogP contribution in [0, 0.1) is 28.6 Å². The second-order valence-electron chi connectivity index (χ2n) is 10.5. The standard InChI is InChI=1S/C24H36O3/c1-5-18-16(2)14-20-19-7-6-17-15-23(26-12-13-27-23)10-9-22(17,4)24(19,25)11-8-21(18,20)3/h5-6,16,19-20,25H,7-15H2,1-4H3/b18-5+/t16-,19-,20-,21+,22-,24+/m0/s1. The summed E-state index contributed by atoms with van der Waals surface area (Å²) in [5.74, 6) is 1.23. The van der Waals surface area contributed by atoms with Crippen LogP contribution in [0.3, 0.4) is 0 Å². The van der Waals surface area contributed by atoms with E-state index in [0.717, 1.165) is 38.5 Å². The summed E-state index contributed by atoms with van der Waals surface area (Å²) in [6, 6.07) is 0. The fourth-order valence-electron chi connectivity index (χ4n) is 8.09. The van der Waals surface area contributed by atoms with E-state index < -0.39 is 11.4 Å². The molecule has 4 fully saturated rings. The van der Waals surface area contributed by atoms with Gasteiger partial charge in [-0.1, -0.05) is 44.1 Å². The van der Waals surface area contributed by atoms with Crippen molar-refractivity contribution in [3.63, 3.8) is 0 Å². The molecule has 1 N–H and O–H groups in total. The molecule has 0 radical (unpaired) electrons. The molecule has 5 rings (SSSR count). The zero-order valence-electron chi connectivity index (χ0n) is 17.5. The number of allylic oxidation sites excluding steroid dienone is 3. The molecule has 0 aromatic rings. The van der Waals surface area contributed by atoms with Gasteiger partial charge in [-0.3, -0.25) is 0 Å². The highest BCUT2D eigenvalue weighted by Crippen LogP contribution is 2.69. The van der Waals surface area contributed by atoms with Crippen LogP contribution in [0.15, 0.2) is 23.3 Å². The summed E-state index contributed by atoms with van der Waals surface area (Å²) in [7, 11) is 0. The number of fused-ring (bicyclic) bond motifs is 5. The molecule has 1 spiro atoms. The molecule has 1 saturated heterocycles. The number of aliphatic hydroxyl groups is 1. The maximum Gasteiger partial charge on any atom is 0.172 e. The topological polar surface area (TPSA) is 38.7 Å². The quantitative estimate of drug-likeness (QED) is 0.608. The lowest BCUT2D eigenvalue weighted by Crippen LogP contribution is -2.63. The fourth-order valence-corrected chi connectivity index (χ4v) is 8.09. The SMILES string of the molecule is C/C=C1\[C@@H](C)C[C@H]2[C@@H]3CC=C4CC5(CC[C@]4(C)[C@@]3(O)CC[C@]12C)OCCO5. The van der Waals surface area contributed by atoms with Crippen molar-refractivity contribution in [2.45, 2.75) is 84.0 Å². The Balaban J connectivity index is 1.52. The minimum absolute atomic E-state index is 0.125. The molecule has 6 atom stereocenters. The largest absolute Gasteiger partial charge is 0.389 e. The van der Waals surface area contributed by atoms with E-state index in [9.17, 15) is 5.11 Å². The lowest BCUT2D eigenvalue weighted by atomic mass is 9.45. The van der Waals surface area contributed by atoms with Crippen LogP contribution in [0.25, 0.3) is 0 Å². The molecule has 3 saturated carbocycles. The highest BCUT2D eigenvalue weighted by molar-refractivity contribution is 5.35. The third-order valence-electron chi connectivity index (χ3n) is 9.61. The first kappa shape index (κ1) is 18.4. The van der Waals surface area contributed by atoms with Gasteiger partial charge in [0.1, 0.15) is 0 Å². The molecule has 0 amide bonds. The predicted octanol–water partition coefficient (Wildman–Crippen LogP) is 5.00. The summed E-state index contributed by atoms with van der Waals surface area (Å²) in [6.07, 6.45) is 11.9. The van der Waals surface area contributed by atoms with Gasteiger partial charge in [0.25, 0.3) is 0 Å². The average Bonchev–Trinajstić information content (AvgIpc) is 3.19. The highest BCUT2D eigenvalue weighted by Gasteiger charge is 2.66. The molecule has 1 heterocycles. The van der Waals surface area contributed by atoms with Gasteiger partial charge in [-0.2, -0.15) is 0 Å². The van der Waals surface area contributed by atoms with Gasteiger partial charge in [-0.25, -0.2) is 0 Å². The lowest BCUT2D eigenvalue weighted by molar-refractivity contribution is -0.218. The molecule has 0 bridgehead atoms. The van der Waals surface area contributed by atoms with Crippen molar-refractivity contribution in [3.8, 4) is 0 Å². The Bertz CT molecular complexity index is 702. The van der Waals surface area contributed by atoms with Crippen LogP contribution in [0.4, 0.5) is 0 Å². The van der Waals surface area contributed by atoms with Gasteiger partial charge in [0.2, 0.25) is 0 Å². The van der Waals surface area contributed by atoms with Gasteiger partial charge in [-0.05, 0) is 62.2 Å². The average molecular weight is 373 g/mol. The van der Waals surface area contributed by atoms with E-state index in [-0.39, 0.29) is 10.8 Å². The summed E-state index contributed by atoms with van der Waals surface area (Å²) in [4.78, 5) is 0. The first-order chi connectivity index (χ1) is 12.8. The number of hydrogen-bond donors (Lipinski definition) is 1. The predicted molar refractivity (Wildman–Crippen MR) is 106 cm³/mol. The molecule has 3 heteroatoms. The summed E-state index contributed by atoms with van der Waals surface area (Å²) in [6.45, 7) is 10.8. The van der Waals surface area contributed by atoms with E-state index in [4.69, 9.17) is 9.47 Å². The summed E-state index contributed by atoms with van der Waals surface area (Å²) in [5, 5.41) is 12.2. The van der Waals surface area contributed by atoms with E-state index in [1.54, 1.807) is 5.57 Å². The molecule has 5 aliphatic rings. The molecule has 27 heavy (non-hydrogen) atoms. The smallest absolute Gasteiger partial charge is 0.172 e. The Hall–Kier alpha value is -0.640. The van der Waals surface area contributed by atoms with Crippen LogP contribution in [-0.2, 0) is 9.47 Å². The second kappa shape index (κ2) is 5.70. The first-order valence-corrected chi connectivity index (χ1v) is 11.1. The molecular formula is C24H36O3. The lowest BCUT2D eigenvalue weighted by Gasteiger charge is -2.63. The summed E-state index contributed by atoms with van der Waals surface area (Å²) in [5.41, 5.74) is 2.62. The highest BCUT2D eigenvalue weighted by atomic mass is 16.7. The van der Waals surface area contributed by atoms with Crippen LogP contribution in [-0.4, -0.2) is 29.7 Å². The van der Waals surface area contributed by atoms with Gasteiger partial charge in [-0.15, -0.1) is 0 Å². The van der Waals surface area contributed by atoms with E-state index >= 15 is 0 Å². The molecule has 150 valence electrons. The molecule has 0 aromatic carbocycles. The van der Waals surface area contributed by atoms with Crippen molar-refractivity contribution < 1.29 is 14.6 Å². The van der Waals surface area contributed by atoms with E-state index in [1.165, 1.54) is 12.0 Å². The Morgan fingerprint density at radius 1 is 1.07 bits per heavy atom. The molecule has 1 aliphatic heterocycles. The van der Waals surface area contributed by atoms with E-state index in [1.807, 2.05) is 0 Å². The first-order valence-electron chi connectivity index (χ1n) is 11.1. The Labute approximate surface area is 164 Å². The van der Waals surface area contributed by atoms with Gasteiger partial charge in [0.05, 0.1) is 18.8 Å². The monoisotopic (exact) mass is 372 g/mol. The number of rotatable bonds is 0. The number of hydrogen-bond acceptors (Lipinski definition) is 3. The molecule has 0 unspecified atom stereocenters. The summed E-state index contributed by atoms with van der Waals surface area (Å²) < 4.78 is 12.0. The Morgan fingerprint density at radius 3 is 2.52 bits per heavy atom. The van der Waals surface area contributed by atoms with Crippen molar-refractivity contribution in [1.29, 1.82) is 0 Å². The fraction of sp³-hybridized carbons (Fsp3) is 0.833. The van der Waals surface area contributed by atoms with E-state index in [0.29, 0.717) is 31.0 Å². The van der Waals surface area contributed by atoms with Gasteiger partial charge < -0.3 is 14.6 Å². The third-order valence-corrected chi connectivity index (χ3v) is 9.61. The van der Waals surface area contributed by atoms with Crippen LogP contribution >= 0.6 is 0 Å². The Kier molecular flexibility index (Phi) is 3.89. The van der Waals surface area contributed by atoms with Crippen molar-refractivity contribution >= 4 is 0 Å². The van der Waals surface area contributed by atoms with Crippen molar-refractivity contribution in [2.75, 3.05) is 13.2 Å². The van der Waals surface area contributed by atoms with Crippen LogP contribution in [0.2, 0.25) is 0 Å². The van der Waals surface area contributed by atoms with Gasteiger partial charge in [0, 0.05) is 18.3 Å². The van der Waals surface area contributed by atoms with Crippen LogP contribution < -0.4 is 0 Å². The van der Waals surface area contributed by atoms with Crippen LogP contribution in [0.1, 0.15) is 72.6 Å². The maximum absolute atomic E-state index is 12.2. The van der Waals surface area contributed by atoms with Crippen molar-refractivity contribution in [2.24, 2.45) is 28.6 Å². The molecule has 0 aromatic heterocycles. The zero-order valence-corrected chi connectivity index (χ0v) is 17.5.